The number of aromatic nitrogens is 2. The first-order valence-electron chi connectivity index (χ1n) is 11.8. The van der Waals surface area contributed by atoms with Crippen LogP contribution < -0.4 is 18.5 Å². The van der Waals surface area contributed by atoms with Gasteiger partial charge >= 0.3 is 0 Å². The van der Waals surface area contributed by atoms with Gasteiger partial charge < -0.3 is 14.2 Å². The predicted molar refractivity (Wildman–Crippen MR) is 149 cm³/mol. The van der Waals surface area contributed by atoms with Crippen molar-refractivity contribution in [3.8, 4) is 23.1 Å². The van der Waals surface area contributed by atoms with Gasteiger partial charge in [0.2, 0.25) is 5.75 Å². The Bertz CT molecular complexity index is 1290. The van der Waals surface area contributed by atoms with E-state index in [-0.39, 0.29) is 40.6 Å². The molecular weight excluding hydrogens is 534 g/mol. The predicted octanol–water partition coefficient (Wildman–Crippen LogP) is 6.09. The number of aryl methyl sites for hydroxylation is 1. The number of rotatable bonds is 13. The molecule has 2 aromatic carbocycles. The summed E-state index contributed by atoms with van der Waals surface area (Å²) >= 11 is 8.06. The molecule has 11 heteroatoms. The third kappa shape index (κ3) is 7.21. The highest BCUT2D eigenvalue weighted by atomic mass is 35.5. The molecule has 3 aromatic rings. The highest BCUT2D eigenvalue weighted by molar-refractivity contribution is 7.98. The number of hydrogen-bond acceptors (Lipinski definition) is 8. The Kier molecular flexibility index (Phi) is 10.3. The van der Waals surface area contributed by atoms with E-state index >= 15 is 0 Å². The second-order valence-corrected chi connectivity index (χ2v) is 11.7. The van der Waals surface area contributed by atoms with E-state index in [9.17, 15) is 8.42 Å². The molecule has 0 amide bonds. The van der Waals surface area contributed by atoms with Crippen LogP contribution in [0.1, 0.15) is 26.6 Å². The molecule has 0 saturated carbocycles. The van der Waals surface area contributed by atoms with Crippen LogP contribution in [0.5, 0.6) is 23.1 Å². The second kappa shape index (κ2) is 13.2. The SMILES string of the molecule is CCc1nc(OCCSC)c(Oc2cc(OC)ccc2Cl)c(N(CC(C)C)S(=O)(=O)c2ccccc2)n1. The Morgan fingerprint density at radius 3 is 2.46 bits per heavy atom. The van der Waals surface area contributed by atoms with Gasteiger partial charge in [-0.1, -0.05) is 50.6 Å². The van der Waals surface area contributed by atoms with Gasteiger partial charge in [0, 0.05) is 24.8 Å². The molecule has 0 unspecified atom stereocenters. The van der Waals surface area contributed by atoms with Crippen LogP contribution in [0.15, 0.2) is 53.4 Å². The lowest BCUT2D eigenvalue weighted by molar-refractivity contribution is 0.308. The number of ether oxygens (including phenoxy) is 3. The van der Waals surface area contributed by atoms with E-state index in [1.165, 1.54) is 11.4 Å². The van der Waals surface area contributed by atoms with Gasteiger partial charge in [0.15, 0.2) is 5.82 Å². The quantitative estimate of drug-likeness (QED) is 0.230. The minimum Gasteiger partial charge on any atom is -0.497 e. The summed E-state index contributed by atoms with van der Waals surface area (Å²) in [4.78, 5) is 9.33. The number of sulfonamides is 1. The fraction of sp³-hybridized carbons (Fsp3) is 0.385. The molecule has 3 rings (SSSR count). The molecule has 0 atom stereocenters. The standard InChI is InChI=1S/C26H32ClN3O5S2/c1-6-23-28-25(30(17-18(2)3)37(31,32)20-10-8-7-9-11-20)24(26(29-23)34-14-15-36-5)35-22-16-19(33-4)12-13-21(22)27/h7-13,16,18H,6,14-15,17H2,1-5H3. The van der Waals surface area contributed by atoms with Gasteiger partial charge in [-0.3, -0.25) is 0 Å². The normalized spacial score (nSPS) is 11.4. The molecule has 8 nitrogen and oxygen atoms in total. The molecule has 0 aliphatic carbocycles. The first kappa shape index (κ1) is 28.9. The minimum absolute atomic E-state index is 0.0207. The molecule has 0 radical (unpaired) electrons. The van der Waals surface area contributed by atoms with Gasteiger partial charge in [-0.05, 0) is 36.4 Å². The molecule has 0 fully saturated rings. The van der Waals surface area contributed by atoms with Gasteiger partial charge in [0.05, 0.1) is 23.6 Å². The molecular formula is C26H32ClN3O5S2. The molecule has 1 aromatic heterocycles. The Balaban J connectivity index is 2.27. The van der Waals surface area contributed by atoms with Crippen molar-refractivity contribution in [1.29, 1.82) is 0 Å². The lowest BCUT2D eigenvalue weighted by Crippen LogP contribution is -2.35. The van der Waals surface area contributed by atoms with E-state index in [4.69, 9.17) is 25.8 Å². The smallest absolute Gasteiger partial charge is 0.265 e. The maximum atomic E-state index is 13.9. The van der Waals surface area contributed by atoms with Crippen molar-refractivity contribution in [3.63, 3.8) is 0 Å². The Morgan fingerprint density at radius 1 is 1.11 bits per heavy atom. The average molecular weight is 566 g/mol. The summed E-state index contributed by atoms with van der Waals surface area (Å²) in [5.74, 6) is 2.18. The Labute approximate surface area is 228 Å². The zero-order chi connectivity index (χ0) is 27.0. The largest absolute Gasteiger partial charge is 0.497 e. The van der Waals surface area contributed by atoms with Crippen molar-refractivity contribution in [2.45, 2.75) is 32.1 Å². The fourth-order valence-corrected chi connectivity index (χ4v) is 5.35. The minimum atomic E-state index is -4.01. The summed E-state index contributed by atoms with van der Waals surface area (Å²) < 4.78 is 46.7. The van der Waals surface area contributed by atoms with E-state index in [1.54, 1.807) is 60.3 Å². The topological polar surface area (TPSA) is 90.9 Å². The number of halogens is 1. The highest BCUT2D eigenvalue weighted by Crippen LogP contribution is 2.43. The lowest BCUT2D eigenvalue weighted by atomic mass is 10.2. The number of methoxy groups -OCH3 is 1. The summed E-state index contributed by atoms with van der Waals surface area (Å²) in [6.07, 6.45) is 2.43. The van der Waals surface area contributed by atoms with Crippen LogP contribution in [0.2, 0.25) is 5.02 Å². The number of anilines is 1. The number of hydrogen-bond donors (Lipinski definition) is 0. The molecule has 0 saturated heterocycles. The van der Waals surface area contributed by atoms with Crippen molar-refractivity contribution >= 4 is 39.2 Å². The second-order valence-electron chi connectivity index (χ2n) is 8.43. The third-order valence-corrected chi connectivity index (χ3v) is 7.81. The van der Waals surface area contributed by atoms with Gasteiger partial charge in [-0.2, -0.15) is 16.7 Å². The number of thioether (sulfide) groups is 1. The van der Waals surface area contributed by atoms with Gasteiger partial charge in [0.1, 0.15) is 17.3 Å². The van der Waals surface area contributed by atoms with Crippen LogP contribution in [0.25, 0.3) is 0 Å². The van der Waals surface area contributed by atoms with E-state index in [0.717, 1.165) is 0 Å². The maximum Gasteiger partial charge on any atom is 0.265 e. The summed E-state index contributed by atoms with van der Waals surface area (Å²) in [5, 5.41) is 0.308. The van der Waals surface area contributed by atoms with Crippen LogP contribution in [0.4, 0.5) is 5.82 Å². The van der Waals surface area contributed by atoms with E-state index in [2.05, 4.69) is 9.97 Å². The molecule has 37 heavy (non-hydrogen) atoms. The van der Waals surface area contributed by atoms with Gasteiger partial charge in [-0.25, -0.2) is 17.7 Å². The van der Waals surface area contributed by atoms with Crippen molar-refractivity contribution in [1.82, 2.24) is 9.97 Å². The zero-order valence-electron chi connectivity index (χ0n) is 21.6. The van der Waals surface area contributed by atoms with Crippen molar-refractivity contribution in [2.24, 2.45) is 5.92 Å². The van der Waals surface area contributed by atoms with Crippen molar-refractivity contribution in [3.05, 3.63) is 59.4 Å². The van der Waals surface area contributed by atoms with Gasteiger partial charge in [-0.15, -0.1) is 0 Å². The molecule has 0 spiro atoms. The van der Waals surface area contributed by atoms with Gasteiger partial charge in [0.25, 0.3) is 15.9 Å². The molecule has 0 N–H and O–H groups in total. The summed E-state index contributed by atoms with van der Waals surface area (Å²) in [5.41, 5.74) is 0. The lowest BCUT2D eigenvalue weighted by Gasteiger charge is -2.28. The van der Waals surface area contributed by atoms with E-state index < -0.39 is 10.0 Å². The molecule has 200 valence electrons. The zero-order valence-corrected chi connectivity index (χ0v) is 24.0. The van der Waals surface area contributed by atoms with Crippen molar-refractivity contribution in [2.75, 3.05) is 36.6 Å². The van der Waals surface area contributed by atoms with Crippen LogP contribution in [0, 0.1) is 5.92 Å². The molecule has 0 aliphatic heterocycles. The maximum absolute atomic E-state index is 13.9. The van der Waals surface area contributed by atoms with E-state index in [0.29, 0.717) is 35.4 Å². The average Bonchev–Trinajstić information content (AvgIpc) is 2.89. The fourth-order valence-electron chi connectivity index (χ4n) is 3.35. The van der Waals surface area contributed by atoms with E-state index in [1.807, 2.05) is 27.0 Å². The Morgan fingerprint density at radius 2 is 1.84 bits per heavy atom. The van der Waals surface area contributed by atoms with Crippen molar-refractivity contribution < 1.29 is 22.6 Å². The summed E-state index contributed by atoms with van der Waals surface area (Å²) in [7, 11) is -2.48. The summed E-state index contributed by atoms with van der Waals surface area (Å²) in [6.45, 7) is 6.26. The van der Waals surface area contributed by atoms with Crippen LogP contribution in [-0.4, -0.2) is 50.7 Å². The third-order valence-electron chi connectivity index (χ3n) is 5.15. The Hall–Kier alpha value is -2.69. The highest BCUT2D eigenvalue weighted by Gasteiger charge is 2.33. The molecule has 1 heterocycles. The van der Waals surface area contributed by atoms with Crippen LogP contribution in [-0.2, 0) is 16.4 Å². The number of benzene rings is 2. The molecule has 0 aliphatic rings. The summed E-state index contributed by atoms with van der Waals surface area (Å²) in [6, 6.07) is 13.2. The first-order chi connectivity index (χ1) is 17.7. The first-order valence-corrected chi connectivity index (χ1v) is 15.0. The monoisotopic (exact) mass is 565 g/mol. The van der Waals surface area contributed by atoms with Crippen LogP contribution in [0.3, 0.4) is 0 Å². The van der Waals surface area contributed by atoms with Crippen LogP contribution >= 0.6 is 23.4 Å². The molecule has 0 bridgehead atoms. The number of nitrogens with zero attached hydrogens (tertiary/aromatic N) is 3.